The first-order valence-electron chi connectivity index (χ1n) is 12.0. The molecule has 36 heavy (non-hydrogen) atoms. The van der Waals surface area contributed by atoms with Crippen LogP contribution in [0.1, 0.15) is 40.9 Å². The second-order valence-electron chi connectivity index (χ2n) is 9.24. The molecular formula is C28H31N5O3. The zero-order chi connectivity index (χ0) is 25.5. The van der Waals surface area contributed by atoms with Crippen molar-refractivity contribution in [3.05, 3.63) is 83.6 Å². The number of amides is 1. The van der Waals surface area contributed by atoms with Crippen molar-refractivity contribution in [3.63, 3.8) is 0 Å². The number of aliphatic hydroxyl groups is 1. The molecule has 8 heteroatoms. The van der Waals surface area contributed by atoms with Gasteiger partial charge in [-0.2, -0.15) is 0 Å². The molecule has 0 unspecified atom stereocenters. The van der Waals surface area contributed by atoms with Crippen LogP contribution in [0.2, 0.25) is 0 Å². The van der Waals surface area contributed by atoms with E-state index in [9.17, 15) is 9.90 Å². The van der Waals surface area contributed by atoms with Crippen molar-refractivity contribution in [1.82, 2.24) is 24.8 Å². The number of hydrogen-bond acceptors (Lipinski definition) is 7. The highest BCUT2D eigenvalue weighted by molar-refractivity contribution is 5.97. The van der Waals surface area contributed by atoms with Crippen LogP contribution in [0.15, 0.2) is 61.3 Å². The average molecular weight is 486 g/mol. The molecule has 0 fully saturated rings. The SMILES string of the molecule is C[C@H](CO)N1C[C@H](C)[C@H](CN(C)Cc2ccncc2)Oc2ncc(C#Cc3cccnc3)cc2C1=O. The maximum absolute atomic E-state index is 13.6. The number of carbonyl (C=O) groups is 1. The molecule has 0 saturated carbocycles. The molecule has 1 aliphatic heterocycles. The lowest BCUT2D eigenvalue weighted by atomic mass is 9.99. The van der Waals surface area contributed by atoms with E-state index in [2.05, 4.69) is 38.6 Å². The number of rotatable bonds is 6. The smallest absolute Gasteiger partial charge is 0.259 e. The lowest BCUT2D eigenvalue weighted by Gasteiger charge is -2.37. The molecular weight excluding hydrogens is 454 g/mol. The normalized spacial score (nSPS) is 18.4. The van der Waals surface area contributed by atoms with Crippen LogP contribution in [-0.2, 0) is 6.54 Å². The molecule has 1 aliphatic rings. The monoisotopic (exact) mass is 485 g/mol. The van der Waals surface area contributed by atoms with Gasteiger partial charge >= 0.3 is 0 Å². The third-order valence-electron chi connectivity index (χ3n) is 6.23. The van der Waals surface area contributed by atoms with Gasteiger partial charge in [-0.3, -0.25) is 19.7 Å². The topological polar surface area (TPSA) is 91.7 Å². The Bertz CT molecular complexity index is 1230. The minimum atomic E-state index is -0.341. The predicted octanol–water partition coefficient (Wildman–Crippen LogP) is 2.62. The maximum Gasteiger partial charge on any atom is 0.259 e. The van der Waals surface area contributed by atoms with E-state index in [1.807, 2.05) is 38.2 Å². The average Bonchev–Trinajstić information content (AvgIpc) is 2.90. The third-order valence-corrected chi connectivity index (χ3v) is 6.23. The van der Waals surface area contributed by atoms with Gasteiger partial charge in [0.1, 0.15) is 11.7 Å². The molecule has 3 aromatic heterocycles. The van der Waals surface area contributed by atoms with Gasteiger partial charge in [0.15, 0.2) is 0 Å². The molecule has 8 nitrogen and oxygen atoms in total. The Kier molecular flexibility index (Phi) is 8.26. The summed E-state index contributed by atoms with van der Waals surface area (Å²) in [5, 5.41) is 9.86. The van der Waals surface area contributed by atoms with Crippen molar-refractivity contribution in [2.45, 2.75) is 32.5 Å². The standard InChI is InChI=1S/C28H31N5O3/c1-20-16-33(21(2)19-34)28(35)25-13-24(7-6-22-5-4-10-30-14-22)15-31-27(25)36-26(20)18-32(3)17-23-8-11-29-12-9-23/h4-5,8-15,20-21,26,34H,16-19H2,1-3H3/t20-,21+,26-/m0/s1. The molecule has 186 valence electrons. The molecule has 4 heterocycles. The van der Waals surface area contributed by atoms with Gasteiger partial charge in [0.25, 0.3) is 5.91 Å². The number of nitrogens with zero attached hydrogens (tertiary/aromatic N) is 5. The van der Waals surface area contributed by atoms with Gasteiger partial charge in [-0.15, -0.1) is 0 Å². The lowest BCUT2D eigenvalue weighted by molar-refractivity contribution is 0.0325. The van der Waals surface area contributed by atoms with Crippen molar-refractivity contribution >= 4 is 5.91 Å². The van der Waals surface area contributed by atoms with Crippen molar-refractivity contribution in [2.75, 3.05) is 26.7 Å². The summed E-state index contributed by atoms with van der Waals surface area (Å²) in [6, 6.07) is 9.06. The Morgan fingerprint density at radius 2 is 1.94 bits per heavy atom. The molecule has 0 saturated heterocycles. The van der Waals surface area contributed by atoms with E-state index in [0.29, 0.717) is 24.2 Å². The molecule has 4 rings (SSSR count). The summed E-state index contributed by atoms with van der Waals surface area (Å²) in [4.78, 5) is 30.1. The molecule has 3 aromatic rings. The summed E-state index contributed by atoms with van der Waals surface area (Å²) in [5.74, 6) is 6.20. The van der Waals surface area contributed by atoms with Gasteiger partial charge < -0.3 is 14.7 Å². The fraction of sp³-hybridized carbons (Fsp3) is 0.357. The Morgan fingerprint density at radius 1 is 1.17 bits per heavy atom. The van der Waals surface area contributed by atoms with Gasteiger partial charge in [0.2, 0.25) is 5.88 Å². The first kappa shape index (κ1) is 25.3. The van der Waals surface area contributed by atoms with Crippen LogP contribution >= 0.6 is 0 Å². The fourth-order valence-corrected chi connectivity index (χ4v) is 4.14. The van der Waals surface area contributed by atoms with Crippen LogP contribution in [0.4, 0.5) is 0 Å². The quantitative estimate of drug-likeness (QED) is 0.537. The second kappa shape index (κ2) is 11.8. The number of pyridine rings is 3. The van der Waals surface area contributed by atoms with E-state index in [1.54, 1.807) is 42.0 Å². The Balaban J connectivity index is 1.63. The van der Waals surface area contributed by atoms with Crippen LogP contribution < -0.4 is 4.74 Å². The minimum Gasteiger partial charge on any atom is -0.472 e. The molecule has 0 aliphatic carbocycles. The molecule has 0 spiro atoms. The maximum atomic E-state index is 13.6. The third kappa shape index (κ3) is 6.25. The number of carbonyl (C=O) groups excluding carboxylic acids is 1. The summed E-state index contributed by atoms with van der Waals surface area (Å²) in [6.45, 7) is 5.62. The Morgan fingerprint density at radius 3 is 2.67 bits per heavy atom. The van der Waals surface area contributed by atoms with E-state index in [1.165, 1.54) is 0 Å². The summed E-state index contributed by atoms with van der Waals surface area (Å²) < 4.78 is 6.37. The largest absolute Gasteiger partial charge is 0.472 e. The lowest BCUT2D eigenvalue weighted by Crippen LogP contribution is -2.49. The van der Waals surface area contributed by atoms with Crippen LogP contribution in [0, 0.1) is 17.8 Å². The highest BCUT2D eigenvalue weighted by Crippen LogP contribution is 2.27. The van der Waals surface area contributed by atoms with Crippen molar-refractivity contribution in [2.24, 2.45) is 5.92 Å². The van der Waals surface area contributed by atoms with Gasteiger partial charge in [0.05, 0.1) is 12.6 Å². The first-order valence-corrected chi connectivity index (χ1v) is 12.0. The zero-order valence-electron chi connectivity index (χ0n) is 20.8. The number of aromatic nitrogens is 3. The van der Waals surface area contributed by atoms with Crippen LogP contribution in [0.3, 0.4) is 0 Å². The van der Waals surface area contributed by atoms with Crippen LogP contribution in [0.25, 0.3) is 0 Å². The number of likely N-dealkylation sites (N-methyl/N-ethyl adjacent to an activating group) is 1. The minimum absolute atomic E-state index is 0.0165. The van der Waals surface area contributed by atoms with Crippen molar-refractivity contribution in [1.29, 1.82) is 0 Å². The highest BCUT2D eigenvalue weighted by atomic mass is 16.5. The van der Waals surface area contributed by atoms with Crippen LogP contribution in [-0.4, -0.2) is 74.7 Å². The van der Waals surface area contributed by atoms with Crippen molar-refractivity contribution in [3.8, 4) is 17.7 Å². The Labute approximate surface area is 212 Å². The summed E-state index contributed by atoms with van der Waals surface area (Å²) in [7, 11) is 2.04. The molecule has 0 radical (unpaired) electrons. The summed E-state index contributed by atoms with van der Waals surface area (Å²) >= 11 is 0. The Hall–Kier alpha value is -3.80. The van der Waals surface area contributed by atoms with E-state index in [4.69, 9.17) is 4.74 Å². The van der Waals surface area contributed by atoms with Crippen LogP contribution in [0.5, 0.6) is 5.88 Å². The fourth-order valence-electron chi connectivity index (χ4n) is 4.14. The molecule has 1 amide bonds. The number of ether oxygens (including phenoxy) is 1. The summed E-state index contributed by atoms with van der Waals surface area (Å²) in [5.41, 5.74) is 2.88. The van der Waals surface area contributed by atoms with E-state index in [-0.39, 0.29) is 36.5 Å². The highest BCUT2D eigenvalue weighted by Gasteiger charge is 2.34. The molecule has 1 N–H and O–H groups in total. The molecule has 3 atom stereocenters. The molecule has 0 aromatic carbocycles. The number of aliphatic hydroxyl groups excluding tert-OH is 1. The van der Waals surface area contributed by atoms with Gasteiger partial charge in [0, 0.05) is 67.7 Å². The number of fused-ring (bicyclic) bond motifs is 1. The van der Waals surface area contributed by atoms with Crippen molar-refractivity contribution < 1.29 is 14.6 Å². The number of hydrogen-bond donors (Lipinski definition) is 1. The first-order chi connectivity index (χ1) is 17.4. The predicted molar refractivity (Wildman–Crippen MR) is 136 cm³/mol. The molecule has 0 bridgehead atoms. The van der Waals surface area contributed by atoms with E-state index >= 15 is 0 Å². The van der Waals surface area contributed by atoms with Gasteiger partial charge in [-0.25, -0.2) is 4.98 Å². The second-order valence-corrected chi connectivity index (χ2v) is 9.24. The zero-order valence-corrected chi connectivity index (χ0v) is 20.8. The summed E-state index contributed by atoms with van der Waals surface area (Å²) in [6.07, 6.45) is 8.36. The van der Waals surface area contributed by atoms with E-state index in [0.717, 1.165) is 17.7 Å². The van der Waals surface area contributed by atoms with E-state index < -0.39 is 0 Å². The van der Waals surface area contributed by atoms with Gasteiger partial charge in [-0.1, -0.05) is 18.8 Å². The van der Waals surface area contributed by atoms with Gasteiger partial charge in [-0.05, 0) is 49.9 Å².